The SMILES string of the molecule is c1ccc(-c2nc3c(-c4cccc(-c5ccc6ccc7cccnc7c6n5)c4)cc4c5ccccc5nc(-c5ccccc5)c4c3nc2-c2ccccc2)cc1. The first-order valence-corrected chi connectivity index (χ1v) is 18.8. The summed E-state index contributed by atoms with van der Waals surface area (Å²) < 4.78 is 0. The van der Waals surface area contributed by atoms with Crippen LogP contribution in [0.15, 0.2) is 188 Å². The van der Waals surface area contributed by atoms with E-state index in [4.69, 9.17) is 24.9 Å². The standard InChI is InChI=1S/C51H31N5/c1-4-14-32(15-5-1)45-44-41(39-23-10-11-24-43(39)54-45)31-40(50-51(44)56-49(34-18-8-3-9-19-34)48(55-50)33-16-6-2-7-17-33)37-20-12-21-38(30-37)42-28-27-36-26-25-35-22-13-29-52-46(35)47(36)53-42/h1-31H. The molecule has 0 saturated carbocycles. The largest absolute Gasteiger partial charge is 0.254 e. The van der Waals surface area contributed by atoms with Crippen LogP contribution in [-0.2, 0) is 0 Å². The number of aromatic nitrogens is 5. The first-order chi connectivity index (χ1) is 27.8. The normalized spacial score (nSPS) is 11.6. The van der Waals surface area contributed by atoms with Gasteiger partial charge in [-0.15, -0.1) is 0 Å². The van der Waals surface area contributed by atoms with Crippen LogP contribution in [0.4, 0.5) is 0 Å². The molecule has 4 heterocycles. The highest BCUT2D eigenvalue weighted by Crippen LogP contribution is 2.43. The minimum atomic E-state index is 0.805. The molecule has 5 heteroatoms. The van der Waals surface area contributed by atoms with Crippen molar-refractivity contribution in [1.82, 2.24) is 24.9 Å². The molecule has 0 aliphatic rings. The lowest BCUT2D eigenvalue weighted by Gasteiger charge is -2.18. The summed E-state index contributed by atoms with van der Waals surface area (Å²) >= 11 is 0. The van der Waals surface area contributed by atoms with Crippen molar-refractivity contribution in [2.75, 3.05) is 0 Å². The Labute approximate surface area is 322 Å². The van der Waals surface area contributed by atoms with Crippen molar-refractivity contribution in [1.29, 1.82) is 0 Å². The second-order valence-electron chi connectivity index (χ2n) is 14.0. The van der Waals surface area contributed by atoms with Gasteiger partial charge in [-0.2, -0.15) is 0 Å². The monoisotopic (exact) mass is 713 g/mol. The molecule has 0 amide bonds. The summed E-state index contributed by atoms with van der Waals surface area (Å²) in [4.78, 5) is 26.5. The highest BCUT2D eigenvalue weighted by molar-refractivity contribution is 6.23. The predicted molar refractivity (Wildman–Crippen MR) is 230 cm³/mol. The summed E-state index contributed by atoms with van der Waals surface area (Å²) in [7, 11) is 0. The summed E-state index contributed by atoms with van der Waals surface area (Å²) in [5.41, 5.74) is 13.8. The van der Waals surface area contributed by atoms with E-state index in [-0.39, 0.29) is 0 Å². The summed E-state index contributed by atoms with van der Waals surface area (Å²) in [5, 5.41) is 5.24. The summed E-state index contributed by atoms with van der Waals surface area (Å²) in [6, 6.07) is 63.0. The Bertz CT molecular complexity index is 3290. The van der Waals surface area contributed by atoms with E-state index in [0.29, 0.717) is 0 Å². The quantitative estimate of drug-likeness (QED) is 0.166. The zero-order valence-electron chi connectivity index (χ0n) is 30.1. The number of rotatable bonds is 5. The number of hydrogen-bond acceptors (Lipinski definition) is 5. The fourth-order valence-electron chi connectivity index (χ4n) is 7.99. The Balaban J connectivity index is 1.25. The molecule has 0 N–H and O–H groups in total. The van der Waals surface area contributed by atoms with E-state index in [1.807, 2.05) is 30.5 Å². The van der Waals surface area contributed by atoms with Gasteiger partial charge in [-0.25, -0.2) is 19.9 Å². The fourth-order valence-corrected chi connectivity index (χ4v) is 7.99. The van der Waals surface area contributed by atoms with Gasteiger partial charge in [0.15, 0.2) is 0 Å². The number of para-hydroxylation sites is 1. The molecule has 11 aromatic rings. The van der Waals surface area contributed by atoms with Gasteiger partial charge in [0.2, 0.25) is 0 Å². The van der Waals surface area contributed by atoms with E-state index >= 15 is 0 Å². The molecule has 0 bridgehead atoms. The van der Waals surface area contributed by atoms with Crippen LogP contribution in [-0.4, -0.2) is 24.9 Å². The number of pyridine rings is 3. The Kier molecular flexibility index (Phi) is 7.42. The molecule has 4 aromatic heterocycles. The average Bonchev–Trinajstić information content (AvgIpc) is 3.28. The Morgan fingerprint density at radius 3 is 1.64 bits per heavy atom. The molecule has 0 unspecified atom stereocenters. The summed E-state index contributed by atoms with van der Waals surface area (Å²) in [6.45, 7) is 0. The molecule has 0 fully saturated rings. The van der Waals surface area contributed by atoms with Crippen LogP contribution >= 0.6 is 0 Å². The van der Waals surface area contributed by atoms with Crippen molar-refractivity contribution in [3.05, 3.63) is 188 Å². The van der Waals surface area contributed by atoms with Crippen LogP contribution in [0.5, 0.6) is 0 Å². The van der Waals surface area contributed by atoms with E-state index < -0.39 is 0 Å². The zero-order valence-corrected chi connectivity index (χ0v) is 30.1. The van der Waals surface area contributed by atoms with Gasteiger partial charge >= 0.3 is 0 Å². The van der Waals surface area contributed by atoms with Gasteiger partial charge in [-0.3, -0.25) is 4.98 Å². The molecule has 0 atom stereocenters. The van der Waals surface area contributed by atoms with Gasteiger partial charge < -0.3 is 0 Å². The molecule has 0 aliphatic carbocycles. The molecule has 0 radical (unpaired) electrons. The molecule has 0 saturated heterocycles. The first kappa shape index (κ1) is 31.9. The van der Waals surface area contributed by atoms with Gasteiger partial charge in [0, 0.05) is 55.6 Å². The van der Waals surface area contributed by atoms with E-state index in [2.05, 4.69) is 158 Å². The lowest BCUT2D eigenvalue weighted by Crippen LogP contribution is -2.00. The van der Waals surface area contributed by atoms with Gasteiger partial charge in [0.25, 0.3) is 0 Å². The third kappa shape index (κ3) is 5.29. The second kappa shape index (κ2) is 13.0. The van der Waals surface area contributed by atoms with Crippen LogP contribution in [0, 0.1) is 0 Å². The molecule has 0 spiro atoms. The van der Waals surface area contributed by atoms with E-state index in [1.165, 1.54) is 0 Å². The third-order valence-corrected chi connectivity index (χ3v) is 10.7. The van der Waals surface area contributed by atoms with Crippen molar-refractivity contribution in [2.24, 2.45) is 0 Å². The molecule has 0 aliphatic heterocycles. The van der Waals surface area contributed by atoms with Gasteiger partial charge in [0.1, 0.15) is 5.52 Å². The lowest BCUT2D eigenvalue weighted by atomic mass is 9.92. The van der Waals surface area contributed by atoms with Crippen molar-refractivity contribution in [2.45, 2.75) is 0 Å². The fraction of sp³-hybridized carbons (Fsp3) is 0. The summed E-state index contributed by atoms with van der Waals surface area (Å²) in [6.07, 6.45) is 1.83. The van der Waals surface area contributed by atoms with Crippen molar-refractivity contribution >= 4 is 54.5 Å². The minimum Gasteiger partial charge on any atom is -0.254 e. The maximum atomic E-state index is 5.65. The average molecular weight is 714 g/mol. The van der Waals surface area contributed by atoms with Crippen LogP contribution < -0.4 is 0 Å². The molecule has 5 nitrogen and oxygen atoms in total. The maximum absolute atomic E-state index is 5.65. The topological polar surface area (TPSA) is 64.5 Å². The predicted octanol–water partition coefficient (Wildman–Crippen LogP) is 12.8. The van der Waals surface area contributed by atoms with Gasteiger partial charge in [-0.1, -0.05) is 152 Å². The minimum absolute atomic E-state index is 0.805. The highest BCUT2D eigenvalue weighted by atomic mass is 14.8. The zero-order chi connectivity index (χ0) is 37.0. The van der Waals surface area contributed by atoms with Crippen molar-refractivity contribution < 1.29 is 0 Å². The Morgan fingerprint density at radius 2 is 0.911 bits per heavy atom. The van der Waals surface area contributed by atoms with Gasteiger partial charge in [0.05, 0.1) is 44.8 Å². The van der Waals surface area contributed by atoms with Crippen molar-refractivity contribution in [3.63, 3.8) is 0 Å². The Morgan fingerprint density at radius 1 is 0.321 bits per heavy atom. The third-order valence-electron chi connectivity index (χ3n) is 10.7. The molecule has 11 rings (SSSR count). The summed E-state index contributed by atoms with van der Waals surface area (Å²) in [5.74, 6) is 0. The van der Waals surface area contributed by atoms with Crippen LogP contribution in [0.25, 0.3) is 111 Å². The maximum Gasteiger partial charge on any atom is 0.100 e. The molecule has 7 aromatic carbocycles. The Hall–Kier alpha value is -7.63. The molecular formula is C51H31N5. The van der Waals surface area contributed by atoms with Crippen LogP contribution in [0.2, 0.25) is 0 Å². The van der Waals surface area contributed by atoms with E-state index in [9.17, 15) is 0 Å². The van der Waals surface area contributed by atoms with Gasteiger partial charge in [-0.05, 0) is 41.3 Å². The lowest BCUT2D eigenvalue weighted by molar-refractivity contribution is 1.30. The van der Waals surface area contributed by atoms with E-state index in [0.717, 1.165) is 111 Å². The smallest absolute Gasteiger partial charge is 0.100 e. The molecular weight excluding hydrogens is 683 g/mol. The number of hydrogen-bond donors (Lipinski definition) is 0. The molecule has 56 heavy (non-hydrogen) atoms. The number of nitrogens with zero attached hydrogens (tertiary/aromatic N) is 5. The molecule has 260 valence electrons. The van der Waals surface area contributed by atoms with Crippen molar-refractivity contribution in [3.8, 4) is 56.2 Å². The number of benzene rings is 7. The first-order valence-electron chi connectivity index (χ1n) is 18.8. The number of fused-ring (bicyclic) bond motifs is 8. The van der Waals surface area contributed by atoms with Crippen LogP contribution in [0.1, 0.15) is 0 Å². The van der Waals surface area contributed by atoms with E-state index in [1.54, 1.807) is 0 Å². The van der Waals surface area contributed by atoms with Crippen LogP contribution in [0.3, 0.4) is 0 Å². The highest BCUT2D eigenvalue weighted by Gasteiger charge is 2.22. The second-order valence-corrected chi connectivity index (χ2v) is 14.0.